The summed E-state index contributed by atoms with van der Waals surface area (Å²) in [5, 5.41) is 5.29. The van der Waals surface area contributed by atoms with Gasteiger partial charge in [-0.1, -0.05) is 24.3 Å². The number of carbonyl (C=O) groups excluding carboxylic acids is 2. The number of nitrogens with zero attached hydrogens (tertiary/aromatic N) is 3. The van der Waals surface area contributed by atoms with Gasteiger partial charge in [0.05, 0.1) is 24.3 Å². The molecule has 0 aliphatic carbocycles. The molecular formula is C24H30F3N5O2. The van der Waals surface area contributed by atoms with Crippen molar-refractivity contribution in [2.45, 2.75) is 12.7 Å². The highest BCUT2D eigenvalue weighted by atomic mass is 19.4. The molecule has 184 valence electrons. The van der Waals surface area contributed by atoms with Crippen molar-refractivity contribution in [2.24, 2.45) is 0 Å². The van der Waals surface area contributed by atoms with E-state index in [1.807, 2.05) is 53.1 Å². The van der Waals surface area contributed by atoms with Crippen molar-refractivity contribution in [2.75, 3.05) is 63.6 Å². The predicted molar refractivity (Wildman–Crippen MR) is 126 cm³/mol. The predicted octanol–water partition coefficient (Wildman–Crippen LogP) is 2.64. The quantitative estimate of drug-likeness (QED) is 0.612. The molecule has 0 saturated carbocycles. The van der Waals surface area contributed by atoms with Crippen molar-refractivity contribution < 1.29 is 22.8 Å². The highest BCUT2D eigenvalue weighted by Gasteiger charge is 2.33. The summed E-state index contributed by atoms with van der Waals surface area (Å²) in [6, 6.07) is 12.9. The lowest BCUT2D eigenvalue weighted by molar-refractivity contribution is -0.137. The summed E-state index contributed by atoms with van der Waals surface area (Å²) in [6.45, 7) is 2.99. The van der Waals surface area contributed by atoms with Gasteiger partial charge in [-0.15, -0.1) is 0 Å². The van der Waals surface area contributed by atoms with E-state index in [-0.39, 0.29) is 24.7 Å². The lowest BCUT2D eigenvalue weighted by Crippen LogP contribution is -2.51. The third-order valence-electron chi connectivity index (χ3n) is 5.65. The molecule has 0 unspecified atom stereocenters. The highest BCUT2D eigenvalue weighted by Crippen LogP contribution is 2.34. The number of alkyl halides is 3. The molecule has 1 aliphatic heterocycles. The van der Waals surface area contributed by atoms with Gasteiger partial charge in [-0.3, -0.25) is 19.4 Å². The van der Waals surface area contributed by atoms with Crippen LogP contribution in [0.15, 0.2) is 48.5 Å². The van der Waals surface area contributed by atoms with E-state index < -0.39 is 17.6 Å². The van der Waals surface area contributed by atoms with E-state index >= 15 is 0 Å². The molecule has 0 atom stereocenters. The number of halogens is 3. The Kier molecular flexibility index (Phi) is 8.51. The van der Waals surface area contributed by atoms with E-state index in [0.29, 0.717) is 32.7 Å². The van der Waals surface area contributed by atoms with Gasteiger partial charge in [-0.05, 0) is 29.8 Å². The molecule has 2 aromatic rings. The molecule has 1 heterocycles. The third-order valence-corrected chi connectivity index (χ3v) is 5.65. The van der Waals surface area contributed by atoms with Gasteiger partial charge >= 0.3 is 6.18 Å². The molecule has 1 saturated heterocycles. The van der Waals surface area contributed by atoms with E-state index in [2.05, 4.69) is 10.6 Å². The van der Waals surface area contributed by atoms with Crippen LogP contribution in [-0.4, -0.2) is 75.0 Å². The average molecular weight is 478 g/mol. The molecule has 0 spiro atoms. The maximum Gasteiger partial charge on any atom is 0.418 e. The Labute approximate surface area is 197 Å². The summed E-state index contributed by atoms with van der Waals surface area (Å²) < 4.78 is 39.3. The molecule has 0 radical (unpaired) electrons. The molecule has 0 bridgehead atoms. The Bertz CT molecular complexity index is 971. The zero-order valence-corrected chi connectivity index (χ0v) is 19.4. The summed E-state index contributed by atoms with van der Waals surface area (Å²) in [6.07, 6.45) is -4.54. The van der Waals surface area contributed by atoms with Crippen molar-refractivity contribution in [3.8, 4) is 0 Å². The van der Waals surface area contributed by atoms with Crippen LogP contribution in [0, 0.1) is 0 Å². The van der Waals surface area contributed by atoms with Crippen LogP contribution in [0.25, 0.3) is 0 Å². The maximum atomic E-state index is 13.1. The van der Waals surface area contributed by atoms with Gasteiger partial charge in [0.2, 0.25) is 11.8 Å². The fourth-order valence-corrected chi connectivity index (χ4v) is 3.71. The fourth-order valence-electron chi connectivity index (χ4n) is 3.71. The summed E-state index contributed by atoms with van der Waals surface area (Å²) in [5.41, 5.74) is 0.993. The molecule has 34 heavy (non-hydrogen) atoms. The van der Waals surface area contributed by atoms with Gasteiger partial charge in [0.1, 0.15) is 0 Å². The van der Waals surface area contributed by atoms with Gasteiger partial charge in [0.25, 0.3) is 0 Å². The first-order chi connectivity index (χ1) is 16.1. The van der Waals surface area contributed by atoms with Crippen molar-refractivity contribution in [1.82, 2.24) is 15.1 Å². The number of rotatable bonds is 8. The number of amides is 2. The first kappa shape index (κ1) is 25.5. The second kappa shape index (κ2) is 11.3. The van der Waals surface area contributed by atoms with Crippen LogP contribution in [0.3, 0.4) is 0 Å². The van der Waals surface area contributed by atoms with Crippen molar-refractivity contribution in [3.63, 3.8) is 0 Å². The Hall–Kier alpha value is -3.11. The number of hydrogen-bond acceptors (Lipinski definition) is 5. The third kappa shape index (κ3) is 7.46. The van der Waals surface area contributed by atoms with Crippen LogP contribution in [0.1, 0.15) is 11.1 Å². The van der Waals surface area contributed by atoms with Crippen molar-refractivity contribution in [3.05, 3.63) is 59.7 Å². The maximum absolute atomic E-state index is 13.1. The zero-order valence-electron chi connectivity index (χ0n) is 19.4. The highest BCUT2D eigenvalue weighted by molar-refractivity contribution is 5.93. The van der Waals surface area contributed by atoms with E-state index in [1.54, 1.807) is 0 Å². The second-order valence-electron chi connectivity index (χ2n) is 8.48. The fraction of sp³-hybridized carbons (Fsp3) is 0.417. The molecule has 10 heteroatoms. The van der Waals surface area contributed by atoms with E-state index in [0.717, 1.165) is 17.3 Å². The summed E-state index contributed by atoms with van der Waals surface area (Å²) in [7, 11) is 3.94. The Morgan fingerprint density at radius 3 is 2.00 bits per heavy atom. The zero-order chi connectivity index (χ0) is 24.7. The Morgan fingerprint density at radius 2 is 1.44 bits per heavy atom. The number of piperazine rings is 1. The van der Waals surface area contributed by atoms with E-state index in [9.17, 15) is 22.8 Å². The summed E-state index contributed by atoms with van der Waals surface area (Å²) in [4.78, 5) is 30.5. The van der Waals surface area contributed by atoms with Gasteiger partial charge < -0.3 is 15.5 Å². The minimum absolute atomic E-state index is 0.00479. The molecular weight excluding hydrogens is 447 g/mol. The number of hydrogen-bond donors (Lipinski definition) is 2. The monoisotopic (exact) mass is 477 g/mol. The van der Waals surface area contributed by atoms with Crippen LogP contribution in [0.5, 0.6) is 0 Å². The standard InChI is InChI=1S/C24H30F3N5O2/c1-30(2)19-9-7-18(8-10-19)15-28-22(33)16-31-11-13-32(14-12-31)17-23(34)29-21-6-4-3-5-20(21)24(25,26)27/h3-10H,11-17H2,1-2H3,(H,28,33)(H,29,34). The van der Waals surface area contributed by atoms with Gasteiger partial charge in [-0.25, -0.2) is 0 Å². The van der Waals surface area contributed by atoms with Crippen LogP contribution < -0.4 is 15.5 Å². The lowest BCUT2D eigenvalue weighted by atomic mass is 10.1. The largest absolute Gasteiger partial charge is 0.418 e. The first-order valence-electron chi connectivity index (χ1n) is 11.1. The minimum atomic E-state index is -4.54. The number of para-hydroxylation sites is 1. The van der Waals surface area contributed by atoms with E-state index in [4.69, 9.17) is 0 Å². The molecule has 2 N–H and O–H groups in total. The number of nitrogens with one attached hydrogen (secondary N) is 2. The minimum Gasteiger partial charge on any atom is -0.378 e. The topological polar surface area (TPSA) is 67.9 Å². The summed E-state index contributed by atoms with van der Waals surface area (Å²) >= 11 is 0. The normalized spacial score (nSPS) is 15.1. The molecule has 2 aromatic carbocycles. The van der Waals surface area contributed by atoms with Crippen molar-refractivity contribution >= 4 is 23.2 Å². The van der Waals surface area contributed by atoms with Gasteiger partial charge in [0.15, 0.2) is 0 Å². The number of benzene rings is 2. The van der Waals surface area contributed by atoms with Gasteiger partial charge in [-0.2, -0.15) is 13.2 Å². The van der Waals surface area contributed by atoms with Gasteiger partial charge in [0, 0.05) is 52.5 Å². The van der Waals surface area contributed by atoms with Crippen LogP contribution in [0.2, 0.25) is 0 Å². The summed E-state index contributed by atoms with van der Waals surface area (Å²) in [5.74, 6) is -0.574. The van der Waals surface area contributed by atoms with E-state index in [1.165, 1.54) is 18.2 Å². The molecule has 2 amide bonds. The SMILES string of the molecule is CN(C)c1ccc(CNC(=O)CN2CCN(CC(=O)Nc3ccccc3C(F)(F)F)CC2)cc1. The van der Waals surface area contributed by atoms with Crippen LogP contribution >= 0.6 is 0 Å². The number of carbonyl (C=O) groups is 2. The molecule has 7 nitrogen and oxygen atoms in total. The van der Waals surface area contributed by atoms with Crippen LogP contribution in [0.4, 0.5) is 24.5 Å². The Morgan fingerprint density at radius 1 is 0.882 bits per heavy atom. The van der Waals surface area contributed by atoms with Crippen molar-refractivity contribution in [1.29, 1.82) is 0 Å². The lowest BCUT2D eigenvalue weighted by Gasteiger charge is -2.33. The average Bonchev–Trinajstić information content (AvgIpc) is 2.79. The number of anilines is 2. The molecule has 0 aromatic heterocycles. The molecule has 3 rings (SSSR count). The van der Waals surface area contributed by atoms with Crippen LogP contribution in [-0.2, 0) is 22.3 Å². The molecule has 1 fully saturated rings. The molecule has 1 aliphatic rings. The smallest absolute Gasteiger partial charge is 0.378 e. The Balaban J connectivity index is 1.39. The first-order valence-corrected chi connectivity index (χ1v) is 11.1. The second-order valence-corrected chi connectivity index (χ2v) is 8.48.